The Morgan fingerprint density at radius 2 is 1.95 bits per heavy atom. The number of ether oxygens (including phenoxy) is 1. The Balaban J connectivity index is 1.25. The summed E-state index contributed by atoms with van der Waals surface area (Å²) in [5, 5.41) is 0.711. The Kier molecular flexibility index (Phi) is 6.62. The van der Waals surface area contributed by atoms with Gasteiger partial charge in [0.05, 0.1) is 16.6 Å². The van der Waals surface area contributed by atoms with Crippen LogP contribution in [0.1, 0.15) is 41.9 Å². The van der Waals surface area contributed by atoms with E-state index in [-0.39, 0.29) is 35.0 Å². The first-order chi connectivity index (χ1) is 19.3. The fourth-order valence-electron chi connectivity index (χ4n) is 5.16. The lowest BCUT2D eigenvalue weighted by Crippen LogP contribution is -2.52. The van der Waals surface area contributed by atoms with Gasteiger partial charge in [-0.05, 0) is 18.2 Å². The fourth-order valence-corrected chi connectivity index (χ4v) is 6.33. The standard InChI is InChI=1S/C28H24ClN7O3S/c1-15(37)22-25(36-12-10-28(11-13-36)23(30)16-6-3-4-8-18(16)39-28)35-24(31)27(34-22)40-19-9-5-7-17(21(19)29)26-33-20(32-2)14-38-26/h3-9,14,23H,10-13,30H2,1H3,(H2,31,35)/t23-/m1/s1. The van der Waals surface area contributed by atoms with E-state index in [2.05, 4.69) is 19.8 Å². The average molecular weight is 574 g/mol. The van der Waals surface area contributed by atoms with Crippen molar-refractivity contribution in [1.29, 1.82) is 0 Å². The van der Waals surface area contributed by atoms with Crippen LogP contribution in [0, 0.1) is 6.57 Å². The zero-order valence-electron chi connectivity index (χ0n) is 21.4. The van der Waals surface area contributed by atoms with Gasteiger partial charge in [0.25, 0.3) is 0 Å². The minimum Gasteiger partial charge on any atom is -0.485 e. The molecule has 2 aromatic heterocycles. The molecule has 4 heterocycles. The van der Waals surface area contributed by atoms with Crippen LogP contribution in [0.3, 0.4) is 0 Å². The maximum atomic E-state index is 12.7. The zero-order valence-corrected chi connectivity index (χ0v) is 23.0. The van der Waals surface area contributed by atoms with Gasteiger partial charge in [-0.1, -0.05) is 59.2 Å². The van der Waals surface area contributed by atoms with Crippen molar-refractivity contribution in [1.82, 2.24) is 15.0 Å². The van der Waals surface area contributed by atoms with Crippen molar-refractivity contribution >= 4 is 46.6 Å². The van der Waals surface area contributed by atoms with Crippen molar-refractivity contribution < 1.29 is 13.9 Å². The number of aromatic nitrogens is 3. The van der Waals surface area contributed by atoms with Crippen LogP contribution < -0.4 is 21.1 Å². The van der Waals surface area contributed by atoms with Crippen molar-refractivity contribution in [3.05, 3.63) is 76.4 Å². The Labute approximate surface area is 239 Å². The predicted molar refractivity (Wildman–Crippen MR) is 152 cm³/mol. The number of halogens is 1. The number of hydrogen-bond donors (Lipinski definition) is 2. The van der Waals surface area contributed by atoms with Crippen molar-refractivity contribution in [2.24, 2.45) is 5.73 Å². The summed E-state index contributed by atoms with van der Waals surface area (Å²) in [5.74, 6) is 1.59. The van der Waals surface area contributed by atoms with Crippen LogP contribution in [-0.2, 0) is 0 Å². The monoisotopic (exact) mass is 573 g/mol. The summed E-state index contributed by atoms with van der Waals surface area (Å²) >= 11 is 7.86. The normalized spacial score (nSPS) is 17.4. The lowest BCUT2D eigenvalue weighted by atomic mass is 9.83. The highest BCUT2D eigenvalue weighted by Crippen LogP contribution is 2.47. The van der Waals surface area contributed by atoms with Crippen LogP contribution in [0.4, 0.5) is 17.5 Å². The molecular weight excluding hydrogens is 550 g/mol. The first-order valence-electron chi connectivity index (χ1n) is 12.6. The van der Waals surface area contributed by atoms with Gasteiger partial charge in [0.15, 0.2) is 17.4 Å². The van der Waals surface area contributed by atoms with Gasteiger partial charge < -0.3 is 30.4 Å². The van der Waals surface area contributed by atoms with Gasteiger partial charge in [0.2, 0.25) is 0 Å². The molecule has 2 aliphatic rings. The number of hydrogen-bond acceptors (Lipinski definition) is 10. The largest absolute Gasteiger partial charge is 0.485 e. The highest BCUT2D eigenvalue weighted by molar-refractivity contribution is 7.99. The van der Waals surface area contributed by atoms with Gasteiger partial charge in [-0.25, -0.2) is 9.97 Å². The van der Waals surface area contributed by atoms with E-state index in [1.807, 2.05) is 29.2 Å². The Hall–Kier alpha value is -4.11. The second kappa shape index (κ2) is 10.1. The van der Waals surface area contributed by atoms with E-state index in [0.717, 1.165) is 11.3 Å². The number of fused-ring (bicyclic) bond motifs is 1. The average Bonchev–Trinajstić information content (AvgIpc) is 3.54. The Bertz CT molecular complexity index is 1680. The highest BCUT2D eigenvalue weighted by atomic mass is 35.5. The third-order valence-electron chi connectivity index (χ3n) is 7.25. The maximum Gasteiger partial charge on any atom is 0.322 e. The van der Waals surface area contributed by atoms with E-state index in [4.69, 9.17) is 38.8 Å². The molecule has 1 spiro atoms. The van der Waals surface area contributed by atoms with Gasteiger partial charge >= 0.3 is 11.7 Å². The number of oxazole rings is 1. The summed E-state index contributed by atoms with van der Waals surface area (Å²) in [6.07, 6.45) is 2.60. The summed E-state index contributed by atoms with van der Waals surface area (Å²) in [6.45, 7) is 9.73. The minimum atomic E-state index is -0.495. The SMILES string of the molecule is [C-]#[N+]c1coc(-c2cccc(Sc3nc(C(C)=O)c(N4CCC5(CC4)Oc4ccccc4[C@H]5N)nc3N)c2Cl)n1. The molecule has 0 bridgehead atoms. The molecule has 12 heteroatoms. The molecule has 0 unspecified atom stereocenters. The third-order valence-corrected chi connectivity index (χ3v) is 8.83. The molecule has 1 atom stereocenters. The van der Waals surface area contributed by atoms with Gasteiger partial charge in [-0.3, -0.25) is 4.79 Å². The topological polar surface area (TPSA) is 138 Å². The first-order valence-corrected chi connectivity index (χ1v) is 13.8. The van der Waals surface area contributed by atoms with E-state index < -0.39 is 5.60 Å². The second-order valence-corrected chi connectivity index (χ2v) is 11.1. The molecule has 0 amide bonds. The van der Waals surface area contributed by atoms with Crippen molar-refractivity contribution in [2.45, 2.75) is 41.3 Å². The van der Waals surface area contributed by atoms with Crippen molar-refractivity contribution in [3.63, 3.8) is 0 Å². The zero-order chi connectivity index (χ0) is 28.0. The molecule has 202 valence electrons. The number of carbonyl (C=O) groups excluding carboxylic acids is 1. The van der Waals surface area contributed by atoms with Crippen LogP contribution in [0.25, 0.3) is 16.3 Å². The van der Waals surface area contributed by atoms with Gasteiger partial charge in [0.1, 0.15) is 28.3 Å². The summed E-state index contributed by atoms with van der Waals surface area (Å²) < 4.78 is 11.8. The number of nitrogens with zero attached hydrogens (tertiary/aromatic N) is 5. The molecular formula is C28H24ClN7O3S. The number of rotatable bonds is 5. The molecule has 0 saturated carbocycles. The number of anilines is 2. The lowest BCUT2D eigenvalue weighted by Gasteiger charge is -2.41. The number of nitrogen functional groups attached to an aromatic ring is 1. The van der Waals surface area contributed by atoms with Gasteiger partial charge in [0, 0.05) is 43.3 Å². The van der Waals surface area contributed by atoms with Crippen LogP contribution in [0.2, 0.25) is 5.02 Å². The van der Waals surface area contributed by atoms with E-state index >= 15 is 0 Å². The summed E-state index contributed by atoms with van der Waals surface area (Å²) in [6, 6.07) is 13.0. The van der Waals surface area contributed by atoms with Gasteiger partial charge in [-0.15, -0.1) is 0 Å². The molecule has 0 aliphatic carbocycles. The quantitative estimate of drug-likeness (QED) is 0.226. The Morgan fingerprint density at radius 1 is 1.18 bits per heavy atom. The van der Waals surface area contributed by atoms with Gasteiger partial charge in [-0.2, -0.15) is 0 Å². The molecule has 0 radical (unpaired) electrons. The second-order valence-electron chi connectivity index (χ2n) is 9.65. The van der Waals surface area contributed by atoms with Crippen LogP contribution in [-0.4, -0.2) is 39.4 Å². The smallest absolute Gasteiger partial charge is 0.322 e. The molecule has 40 heavy (non-hydrogen) atoms. The van der Waals surface area contributed by atoms with Crippen molar-refractivity contribution in [3.8, 4) is 17.2 Å². The number of para-hydroxylation sites is 1. The Morgan fingerprint density at radius 3 is 2.65 bits per heavy atom. The first kappa shape index (κ1) is 26.1. The maximum absolute atomic E-state index is 12.7. The predicted octanol–water partition coefficient (Wildman–Crippen LogP) is 5.70. The van der Waals surface area contributed by atoms with Crippen LogP contribution >= 0.6 is 23.4 Å². The molecule has 2 aromatic carbocycles. The number of piperidine rings is 1. The van der Waals surface area contributed by atoms with E-state index in [1.54, 1.807) is 18.2 Å². The number of nitrogens with two attached hydrogens (primary N) is 2. The van der Waals surface area contributed by atoms with Crippen molar-refractivity contribution in [2.75, 3.05) is 23.7 Å². The number of carbonyl (C=O) groups is 1. The van der Waals surface area contributed by atoms with Crippen LogP contribution in [0.15, 0.2) is 63.1 Å². The summed E-state index contributed by atoms with van der Waals surface area (Å²) in [7, 11) is 0. The molecule has 4 aromatic rings. The summed E-state index contributed by atoms with van der Waals surface area (Å²) in [5.41, 5.74) is 14.3. The number of benzene rings is 2. The molecule has 10 nitrogen and oxygen atoms in total. The van der Waals surface area contributed by atoms with E-state index in [1.165, 1.54) is 24.9 Å². The van der Waals surface area contributed by atoms with E-state index in [9.17, 15) is 4.79 Å². The molecule has 1 saturated heterocycles. The third kappa shape index (κ3) is 4.44. The lowest BCUT2D eigenvalue weighted by molar-refractivity contribution is 0.0430. The van der Waals surface area contributed by atoms with Crippen LogP contribution in [0.5, 0.6) is 5.75 Å². The molecule has 4 N–H and O–H groups in total. The molecule has 2 aliphatic heterocycles. The highest BCUT2D eigenvalue weighted by Gasteiger charge is 2.48. The molecule has 6 rings (SSSR count). The summed E-state index contributed by atoms with van der Waals surface area (Å²) in [4.78, 5) is 32.0. The molecule has 1 fully saturated rings. The fraction of sp³-hybridized carbons (Fsp3) is 0.250. The minimum absolute atomic E-state index is 0.135. The number of Topliss-reactive ketones (excluding diaryl/α,β-unsaturated/α-hetero) is 1. The number of ketones is 1. The van der Waals surface area contributed by atoms with E-state index in [0.29, 0.717) is 52.3 Å².